The maximum Gasteiger partial charge on any atom is 0.134 e. The van der Waals surface area contributed by atoms with Crippen molar-refractivity contribution in [3.8, 4) is 0 Å². The predicted molar refractivity (Wildman–Crippen MR) is 51.6 cm³/mol. The zero-order valence-corrected chi connectivity index (χ0v) is 7.52. The average molecular weight is 184 g/mol. The molecule has 0 saturated carbocycles. The van der Waals surface area contributed by atoms with Crippen LogP contribution in [0.5, 0.6) is 0 Å². The zero-order chi connectivity index (χ0) is 9.30. The molecule has 1 heterocycles. The van der Waals surface area contributed by atoms with Crippen molar-refractivity contribution >= 4 is 23.1 Å². The first-order valence-electron chi connectivity index (χ1n) is 3.39. The van der Waals surface area contributed by atoms with E-state index in [4.69, 9.17) is 23.1 Å². The number of hydrogen-bond acceptors (Lipinski definition) is 3. The van der Waals surface area contributed by atoms with Gasteiger partial charge in [0.25, 0.3) is 0 Å². The minimum Gasteiger partial charge on any atom is -0.399 e. The van der Waals surface area contributed by atoms with Gasteiger partial charge in [-0.05, 0) is 18.6 Å². The summed E-state index contributed by atoms with van der Waals surface area (Å²) < 4.78 is 0. The highest BCUT2D eigenvalue weighted by Crippen LogP contribution is 2.22. The van der Waals surface area contributed by atoms with E-state index in [9.17, 15) is 0 Å². The van der Waals surface area contributed by atoms with Gasteiger partial charge in [0.2, 0.25) is 0 Å². The summed E-state index contributed by atoms with van der Waals surface area (Å²) in [5, 5.41) is 0.370. The van der Waals surface area contributed by atoms with E-state index < -0.39 is 0 Å². The number of aryl methyl sites for hydroxylation is 1. The number of halogens is 1. The molecule has 12 heavy (non-hydrogen) atoms. The second kappa shape index (κ2) is 3.03. The molecule has 0 fully saturated rings. The van der Waals surface area contributed by atoms with Gasteiger partial charge in [0.05, 0.1) is 0 Å². The summed E-state index contributed by atoms with van der Waals surface area (Å²) in [4.78, 5) is 3.86. The second-order valence-corrected chi connectivity index (χ2v) is 2.93. The van der Waals surface area contributed by atoms with E-state index in [0.717, 1.165) is 5.56 Å². The summed E-state index contributed by atoms with van der Waals surface area (Å²) in [6.45, 7) is 5.45. The number of nitrogens with zero attached hydrogens (tertiary/aromatic N) is 1. The molecule has 0 atom stereocenters. The molecular formula is C8H10ClN3. The maximum absolute atomic E-state index is 5.67. The molecule has 0 radical (unpaired) electrons. The third kappa shape index (κ3) is 1.51. The largest absolute Gasteiger partial charge is 0.399 e. The fraction of sp³-hybridized carbons (Fsp3) is 0.125. The Balaban J connectivity index is 3.38. The number of rotatable bonds is 1. The van der Waals surface area contributed by atoms with Crippen LogP contribution in [0.3, 0.4) is 0 Å². The number of hydrogen-bond donors (Lipinski definition) is 2. The third-order valence-electron chi connectivity index (χ3n) is 1.53. The van der Waals surface area contributed by atoms with Crippen molar-refractivity contribution in [3.63, 3.8) is 0 Å². The van der Waals surface area contributed by atoms with Gasteiger partial charge in [-0.3, -0.25) is 0 Å². The van der Waals surface area contributed by atoms with E-state index in [-0.39, 0.29) is 0 Å². The molecule has 0 saturated heterocycles. The molecule has 0 aliphatic carbocycles. The molecule has 1 aromatic rings. The number of anilines is 1. The molecule has 4 heteroatoms. The van der Waals surface area contributed by atoms with E-state index in [0.29, 0.717) is 22.2 Å². The van der Waals surface area contributed by atoms with Crippen LogP contribution < -0.4 is 11.5 Å². The molecule has 0 bridgehead atoms. The molecular weight excluding hydrogens is 174 g/mol. The normalized spacial score (nSPS) is 9.83. The Hall–Kier alpha value is -1.22. The molecule has 0 aliphatic rings. The predicted octanol–water partition coefficient (Wildman–Crippen LogP) is 1.56. The van der Waals surface area contributed by atoms with Gasteiger partial charge in [0.15, 0.2) is 0 Å². The molecule has 0 amide bonds. The lowest BCUT2D eigenvalue weighted by atomic mass is 10.1. The second-order valence-electron chi connectivity index (χ2n) is 2.55. The van der Waals surface area contributed by atoms with E-state index in [1.165, 1.54) is 0 Å². The summed E-state index contributed by atoms with van der Waals surface area (Å²) in [6, 6.07) is 1.70. The first-order valence-corrected chi connectivity index (χ1v) is 3.77. The molecule has 64 valence electrons. The van der Waals surface area contributed by atoms with Gasteiger partial charge in [-0.15, -0.1) is 0 Å². The van der Waals surface area contributed by atoms with Crippen molar-refractivity contribution in [3.05, 3.63) is 28.9 Å². The third-order valence-corrected chi connectivity index (χ3v) is 1.73. The number of aromatic nitrogens is 1. The van der Waals surface area contributed by atoms with Gasteiger partial charge in [0.1, 0.15) is 11.0 Å². The number of pyridine rings is 1. The van der Waals surface area contributed by atoms with E-state index >= 15 is 0 Å². The lowest BCUT2D eigenvalue weighted by Crippen LogP contribution is -2.04. The van der Waals surface area contributed by atoms with Crippen LogP contribution in [0.2, 0.25) is 5.15 Å². The quantitative estimate of drug-likeness (QED) is 0.650. The highest BCUT2D eigenvalue weighted by molar-refractivity contribution is 6.29. The Kier molecular flexibility index (Phi) is 2.24. The smallest absolute Gasteiger partial charge is 0.134 e. The molecule has 0 aliphatic heterocycles. The van der Waals surface area contributed by atoms with Crippen LogP contribution in [0.1, 0.15) is 11.1 Å². The minimum atomic E-state index is 0.326. The molecule has 1 aromatic heterocycles. The van der Waals surface area contributed by atoms with Gasteiger partial charge in [-0.2, -0.15) is 0 Å². The molecule has 0 spiro atoms. The Bertz CT molecular complexity index is 310. The van der Waals surface area contributed by atoms with Crippen molar-refractivity contribution < 1.29 is 0 Å². The Morgan fingerprint density at radius 2 is 2.25 bits per heavy atom. The fourth-order valence-corrected chi connectivity index (χ4v) is 1.33. The summed E-state index contributed by atoms with van der Waals surface area (Å²) in [7, 11) is 0. The summed E-state index contributed by atoms with van der Waals surface area (Å²) in [6.07, 6.45) is 0. The van der Waals surface area contributed by atoms with Gasteiger partial charge in [0, 0.05) is 11.3 Å². The molecule has 1 rings (SSSR count). The van der Waals surface area contributed by atoms with Gasteiger partial charge >= 0.3 is 0 Å². The van der Waals surface area contributed by atoms with Crippen LogP contribution in [0, 0.1) is 6.92 Å². The van der Waals surface area contributed by atoms with Crippen LogP contribution in [0.4, 0.5) is 5.82 Å². The monoisotopic (exact) mass is 183 g/mol. The molecule has 0 aromatic carbocycles. The topological polar surface area (TPSA) is 64.9 Å². The van der Waals surface area contributed by atoms with Crippen molar-refractivity contribution in [2.45, 2.75) is 6.92 Å². The summed E-state index contributed by atoms with van der Waals surface area (Å²) in [5.74, 6) is 0.326. The van der Waals surface area contributed by atoms with E-state index in [1.807, 2.05) is 6.92 Å². The Morgan fingerprint density at radius 1 is 1.67 bits per heavy atom. The minimum absolute atomic E-state index is 0.326. The van der Waals surface area contributed by atoms with E-state index in [2.05, 4.69) is 11.6 Å². The van der Waals surface area contributed by atoms with Crippen molar-refractivity contribution in [1.29, 1.82) is 0 Å². The van der Waals surface area contributed by atoms with Crippen molar-refractivity contribution in [2.75, 3.05) is 5.73 Å². The summed E-state index contributed by atoms with van der Waals surface area (Å²) >= 11 is 5.67. The lowest BCUT2D eigenvalue weighted by Gasteiger charge is -2.07. The van der Waals surface area contributed by atoms with Crippen LogP contribution in [0.15, 0.2) is 12.6 Å². The highest BCUT2D eigenvalue weighted by Gasteiger charge is 2.06. The van der Waals surface area contributed by atoms with Gasteiger partial charge in [-0.25, -0.2) is 4.98 Å². The maximum atomic E-state index is 5.67. The number of nitrogen functional groups attached to an aromatic ring is 1. The van der Waals surface area contributed by atoms with Crippen LogP contribution in [-0.2, 0) is 0 Å². The van der Waals surface area contributed by atoms with Crippen LogP contribution >= 0.6 is 11.6 Å². The van der Waals surface area contributed by atoms with E-state index in [1.54, 1.807) is 6.07 Å². The SMILES string of the molecule is C=C(N)c1c(C)cc(Cl)nc1N. The Morgan fingerprint density at radius 3 is 2.67 bits per heavy atom. The van der Waals surface area contributed by atoms with Gasteiger partial charge in [-0.1, -0.05) is 18.2 Å². The first kappa shape index (κ1) is 8.87. The fourth-order valence-electron chi connectivity index (χ4n) is 1.07. The Labute approximate surface area is 76.0 Å². The average Bonchev–Trinajstić information content (AvgIpc) is 1.82. The van der Waals surface area contributed by atoms with Crippen molar-refractivity contribution in [2.24, 2.45) is 5.73 Å². The van der Waals surface area contributed by atoms with Gasteiger partial charge < -0.3 is 11.5 Å². The molecule has 4 N–H and O–H groups in total. The lowest BCUT2D eigenvalue weighted by molar-refractivity contribution is 1.26. The van der Waals surface area contributed by atoms with Crippen molar-refractivity contribution in [1.82, 2.24) is 4.98 Å². The molecule has 0 unspecified atom stereocenters. The number of nitrogens with two attached hydrogens (primary N) is 2. The first-order chi connectivity index (χ1) is 5.52. The van der Waals surface area contributed by atoms with Crippen LogP contribution in [-0.4, -0.2) is 4.98 Å². The summed E-state index contributed by atoms with van der Waals surface area (Å²) in [5.41, 5.74) is 13.1. The molecule has 3 nitrogen and oxygen atoms in total. The zero-order valence-electron chi connectivity index (χ0n) is 6.76. The highest BCUT2D eigenvalue weighted by atomic mass is 35.5. The van der Waals surface area contributed by atoms with Crippen LogP contribution in [0.25, 0.3) is 5.70 Å². The standard InChI is InChI=1S/C8H10ClN3/c1-4-3-6(9)12-8(11)7(4)5(2)10/h3H,2,10H2,1H3,(H2,11,12).